The lowest BCUT2D eigenvalue weighted by Crippen LogP contribution is -2.28. The summed E-state index contributed by atoms with van der Waals surface area (Å²) >= 11 is 0. The van der Waals surface area contributed by atoms with Crippen LogP contribution in [0, 0.1) is 0 Å². The number of aliphatic hydroxyl groups is 1. The molecule has 0 radical (unpaired) electrons. The van der Waals surface area contributed by atoms with Crippen LogP contribution in [0.2, 0.25) is 0 Å². The monoisotopic (exact) mass is 366 g/mol. The number of ether oxygens (including phenoxy) is 1. The molecule has 1 saturated heterocycles. The first-order valence-electron chi connectivity index (χ1n) is 5.61. The van der Waals surface area contributed by atoms with Crippen molar-refractivity contribution in [2.24, 2.45) is 0 Å². The molecule has 1 heterocycles. The van der Waals surface area contributed by atoms with Gasteiger partial charge < -0.3 is 51.9 Å². The molecule has 5 atom stereocenters. The van der Waals surface area contributed by atoms with Gasteiger partial charge in [-0.2, -0.15) is 0 Å². The lowest BCUT2D eigenvalue weighted by molar-refractivity contribution is -0.337. The molecule has 0 spiro atoms. The van der Waals surface area contributed by atoms with E-state index in [1.165, 1.54) is 0 Å². The van der Waals surface area contributed by atoms with E-state index in [9.17, 15) is 38.4 Å². The van der Waals surface area contributed by atoms with Gasteiger partial charge in [-0.1, -0.05) is 0 Å². The third-order valence-electron chi connectivity index (χ3n) is 2.42. The van der Waals surface area contributed by atoms with Crippen molar-refractivity contribution in [3.63, 3.8) is 0 Å². The van der Waals surface area contributed by atoms with Crippen LogP contribution in [0.1, 0.15) is 13.3 Å². The zero-order chi connectivity index (χ0) is 16.5. The summed E-state index contributed by atoms with van der Waals surface area (Å²) < 4.78 is 45.3. The van der Waals surface area contributed by atoms with Crippen LogP contribution < -0.4 is 19.6 Å². The Balaban J connectivity index is 2.56. The molecule has 14 heteroatoms. The van der Waals surface area contributed by atoms with Gasteiger partial charge in [-0.05, 0) is 6.92 Å². The second kappa shape index (κ2) is 6.86. The summed E-state index contributed by atoms with van der Waals surface area (Å²) in [6.07, 6.45) is -1.99. The van der Waals surface area contributed by atoms with Gasteiger partial charge in [-0.3, -0.25) is 0 Å². The maximum Gasteiger partial charge on any atom is 0.147 e. The molecule has 2 unspecified atom stereocenters. The van der Waals surface area contributed by atoms with Gasteiger partial charge in [-0.15, -0.1) is 0 Å². The number of aliphatic hydroxyl groups excluding tert-OH is 1. The number of phosphoric acid groups is 1. The molecule has 0 aliphatic carbocycles. The van der Waals surface area contributed by atoms with Gasteiger partial charge in [0.25, 0.3) is 0 Å². The van der Waals surface area contributed by atoms with Gasteiger partial charge in [0.1, 0.15) is 21.3 Å². The summed E-state index contributed by atoms with van der Waals surface area (Å²) in [5.41, 5.74) is 0. The Bertz CT molecular complexity index is 500. The molecule has 0 amide bonds. The van der Waals surface area contributed by atoms with E-state index >= 15 is 0 Å². The second-order valence-electron chi connectivity index (χ2n) is 4.48. The average molecular weight is 366 g/mol. The topological polar surface area (TPSA) is 191 Å². The van der Waals surface area contributed by atoms with Crippen molar-refractivity contribution < 1.29 is 51.9 Å². The standard InChI is InChI=1S/C7H17O11P3/c1-5-2-6(8)7(17-5)3-16-19(9,10)4-20(11,12)18-21(13,14)15/h5-8H,2-4H2,1H3,(H,9,10)(H,11,12)(H2,13,14,15)/p-4/t5-,6+,7+/m1/s1. The average Bonchev–Trinajstić information content (AvgIpc) is 2.48. The van der Waals surface area contributed by atoms with E-state index in [1.54, 1.807) is 6.92 Å². The SMILES string of the molecule is C[C@@H]1C[C@H](O)[C@H](COP(=O)([O-])CP(=O)([O-])OP(=O)([O-])[O-])O1. The quantitative estimate of drug-likeness (QED) is 0.466. The fourth-order valence-corrected chi connectivity index (χ4v) is 5.99. The first kappa shape index (κ1) is 19.4. The van der Waals surface area contributed by atoms with Crippen LogP contribution in [0.5, 0.6) is 0 Å². The Morgan fingerprint density at radius 3 is 2.19 bits per heavy atom. The van der Waals surface area contributed by atoms with Crippen molar-refractivity contribution in [2.75, 3.05) is 12.5 Å². The lowest BCUT2D eigenvalue weighted by atomic mass is 10.1. The van der Waals surface area contributed by atoms with Crippen LogP contribution in [0.25, 0.3) is 0 Å². The van der Waals surface area contributed by atoms with Gasteiger partial charge >= 0.3 is 0 Å². The third-order valence-corrected chi connectivity index (χ3v) is 7.52. The van der Waals surface area contributed by atoms with E-state index in [2.05, 4.69) is 8.83 Å². The normalized spacial score (nSPS) is 32.6. The van der Waals surface area contributed by atoms with E-state index in [0.29, 0.717) is 0 Å². The van der Waals surface area contributed by atoms with Gasteiger partial charge in [-0.25, -0.2) is 0 Å². The maximum atomic E-state index is 11.4. The summed E-state index contributed by atoms with van der Waals surface area (Å²) in [7, 11) is -16.4. The molecule has 1 aliphatic rings. The van der Waals surface area contributed by atoms with Crippen molar-refractivity contribution >= 4 is 23.0 Å². The summed E-state index contributed by atoms with van der Waals surface area (Å²) in [5.74, 6) is -1.80. The lowest BCUT2D eigenvalue weighted by Gasteiger charge is -2.38. The molecule has 0 aromatic heterocycles. The molecule has 0 aromatic carbocycles. The molecule has 0 bridgehead atoms. The highest BCUT2D eigenvalue weighted by Gasteiger charge is 2.32. The summed E-state index contributed by atoms with van der Waals surface area (Å²) in [6.45, 7) is 0.998. The number of hydrogen-bond donors (Lipinski definition) is 1. The van der Waals surface area contributed by atoms with Crippen molar-refractivity contribution in [3.05, 3.63) is 0 Å². The predicted octanol–water partition coefficient (Wildman–Crippen LogP) is -2.55. The molecular formula is C7H13O11P3-4. The van der Waals surface area contributed by atoms with Crippen LogP contribution in [0.15, 0.2) is 0 Å². The second-order valence-corrected chi connectivity index (χ2v) is 9.86. The summed E-state index contributed by atoms with van der Waals surface area (Å²) in [4.78, 5) is 42.8. The number of hydrogen-bond acceptors (Lipinski definition) is 11. The molecule has 11 nitrogen and oxygen atoms in total. The smallest absolute Gasteiger partial charge is 0.147 e. The zero-order valence-corrected chi connectivity index (χ0v) is 13.4. The molecule has 0 saturated carbocycles. The minimum atomic E-state index is -5.89. The van der Waals surface area contributed by atoms with Crippen molar-refractivity contribution in [2.45, 2.75) is 31.7 Å². The summed E-state index contributed by atoms with van der Waals surface area (Å²) in [5, 5.41) is 9.48. The van der Waals surface area contributed by atoms with Gasteiger partial charge in [0.2, 0.25) is 0 Å². The van der Waals surface area contributed by atoms with Crippen molar-refractivity contribution in [1.29, 1.82) is 0 Å². The Kier molecular flexibility index (Phi) is 6.35. The first-order valence-corrected chi connectivity index (χ1v) is 10.5. The highest BCUT2D eigenvalue weighted by Crippen LogP contribution is 2.58. The minimum absolute atomic E-state index is 0.260. The molecule has 1 aliphatic heterocycles. The van der Waals surface area contributed by atoms with E-state index in [4.69, 9.17) is 4.74 Å². The van der Waals surface area contributed by atoms with Gasteiger partial charge in [0, 0.05) is 6.42 Å². The Morgan fingerprint density at radius 2 is 1.76 bits per heavy atom. The fraction of sp³-hybridized carbons (Fsp3) is 1.00. The Morgan fingerprint density at radius 1 is 1.19 bits per heavy atom. The van der Waals surface area contributed by atoms with Gasteiger partial charge in [0.05, 0.1) is 32.5 Å². The summed E-state index contributed by atoms with van der Waals surface area (Å²) in [6, 6.07) is 0. The molecule has 21 heavy (non-hydrogen) atoms. The predicted molar refractivity (Wildman–Crippen MR) is 59.7 cm³/mol. The third kappa shape index (κ3) is 7.45. The first-order chi connectivity index (χ1) is 9.30. The highest BCUT2D eigenvalue weighted by molar-refractivity contribution is 7.72. The van der Waals surface area contributed by atoms with E-state index in [-0.39, 0.29) is 12.5 Å². The molecule has 1 rings (SSSR count). The maximum absolute atomic E-state index is 11.4. The van der Waals surface area contributed by atoms with Crippen molar-refractivity contribution in [1.82, 2.24) is 0 Å². The Labute approximate surface area is 120 Å². The fourth-order valence-electron chi connectivity index (χ4n) is 1.71. The minimum Gasteiger partial charge on any atom is -0.790 e. The van der Waals surface area contributed by atoms with E-state index < -0.39 is 47.7 Å². The van der Waals surface area contributed by atoms with Crippen LogP contribution in [0.4, 0.5) is 0 Å². The van der Waals surface area contributed by atoms with E-state index in [0.717, 1.165) is 0 Å². The van der Waals surface area contributed by atoms with Crippen LogP contribution >= 0.6 is 23.0 Å². The Hall–Kier alpha value is 0.370. The van der Waals surface area contributed by atoms with Crippen LogP contribution in [-0.4, -0.2) is 35.9 Å². The molecular weight excluding hydrogens is 353 g/mol. The molecule has 0 aromatic rings. The van der Waals surface area contributed by atoms with Gasteiger partial charge in [0.15, 0.2) is 0 Å². The van der Waals surface area contributed by atoms with E-state index in [1.807, 2.05) is 0 Å². The van der Waals surface area contributed by atoms with Crippen LogP contribution in [0.3, 0.4) is 0 Å². The van der Waals surface area contributed by atoms with Crippen molar-refractivity contribution in [3.8, 4) is 0 Å². The molecule has 126 valence electrons. The molecule has 1 N–H and O–H groups in total. The zero-order valence-electron chi connectivity index (χ0n) is 10.7. The number of rotatable bonds is 7. The van der Waals surface area contributed by atoms with Crippen LogP contribution in [-0.2, 0) is 27.3 Å². The highest BCUT2D eigenvalue weighted by atomic mass is 31.3. The molecule has 1 fully saturated rings. The largest absolute Gasteiger partial charge is 0.790 e.